The maximum absolute atomic E-state index is 13.2. The van der Waals surface area contributed by atoms with Crippen molar-refractivity contribution in [3.8, 4) is 23.0 Å². The van der Waals surface area contributed by atoms with Crippen molar-refractivity contribution in [3.63, 3.8) is 0 Å². The van der Waals surface area contributed by atoms with Gasteiger partial charge in [-0.2, -0.15) is 16.8 Å². The predicted molar refractivity (Wildman–Crippen MR) is 394 cm³/mol. The molecule has 0 fully saturated rings. The van der Waals surface area contributed by atoms with Crippen molar-refractivity contribution in [2.45, 2.75) is 156 Å². The third-order valence-electron chi connectivity index (χ3n) is 15.8. The highest BCUT2D eigenvalue weighted by Crippen LogP contribution is 2.33. The molecule has 10 N–H and O–H groups in total. The van der Waals surface area contributed by atoms with E-state index in [9.17, 15) is 54.8 Å². The van der Waals surface area contributed by atoms with Gasteiger partial charge in [-0.3, -0.25) is 8.37 Å². The van der Waals surface area contributed by atoms with Gasteiger partial charge in [0.1, 0.15) is 95.1 Å². The first-order chi connectivity index (χ1) is 47.0. The van der Waals surface area contributed by atoms with Crippen molar-refractivity contribution in [3.05, 3.63) is 262 Å². The van der Waals surface area contributed by atoms with Gasteiger partial charge >= 0.3 is 0 Å². The van der Waals surface area contributed by atoms with Gasteiger partial charge in [0.2, 0.25) is 0 Å². The fraction of sp³-hybridized carbons (Fsp3) is 0.385. The average Bonchev–Trinajstić information content (AvgIpc) is 0.846. The molecule has 4 heterocycles. The summed E-state index contributed by atoms with van der Waals surface area (Å²) >= 11 is 0. The fourth-order valence-corrected chi connectivity index (χ4v) is 11.4. The molecule has 0 saturated carbocycles. The largest absolute Gasteiger partial charge is 0.487 e. The van der Waals surface area contributed by atoms with Crippen LogP contribution in [0, 0.1) is 23.3 Å². The molecule has 24 heteroatoms. The Balaban J connectivity index is 0.000000326. The maximum atomic E-state index is 13.2. The van der Waals surface area contributed by atoms with Crippen LogP contribution in [-0.4, -0.2) is 125 Å². The molecule has 8 atom stereocenters. The lowest BCUT2D eigenvalue weighted by atomic mass is 9.99. The van der Waals surface area contributed by atoms with Crippen LogP contribution in [0.15, 0.2) is 194 Å². The number of hydrogen-bond acceptors (Lipinski definition) is 18. The zero-order chi connectivity index (χ0) is 70.5. The Morgan fingerprint density at radius 3 is 0.853 bits per heavy atom. The molecule has 4 aliphatic heterocycles. The van der Waals surface area contributed by atoms with Crippen molar-refractivity contribution >= 4 is 20.2 Å². The quantitative estimate of drug-likeness (QED) is 0.0260. The zero-order valence-electron chi connectivity index (χ0n) is 54.8. The van der Waals surface area contributed by atoms with Gasteiger partial charge in [0.05, 0.1) is 25.7 Å². The first-order valence-corrected chi connectivity index (χ1v) is 35.8. The van der Waals surface area contributed by atoms with E-state index in [4.69, 9.17) is 30.4 Å². The molecule has 0 spiro atoms. The summed E-state index contributed by atoms with van der Waals surface area (Å²) in [5.74, 6) is 1.23. The summed E-state index contributed by atoms with van der Waals surface area (Å²) < 4.78 is 127. The van der Waals surface area contributed by atoms with Crippen LogP contribution < -0.4 is 41.0 Å². The molecular weight excluding hydrogens is 1360 g/mol. The molecule has 560 valence electrons. The second kappa shape index (κ2) is 45.3. The lowest BCUT2D eigenvalue weighted by Crippen LogP contribution is -2.41. The van der Waals surface area contributed by atoms with E-state index in [1.807, 2.05) is 121 Å². The molecule has 0 unspecified atom stereocenters. The van der Waals surface area contributed by atoms with Gasteiger partial charge in [-0.15, -0.1) is 0 Å². The Labute approximate surface area is 601 Å². The number of benzene rings is 8. The standard InChI is InChI=1S/2C18H20FNO2.2C12H15FO5S.2C7H9N.4CH4/c2*19-15-7-9-17-14(10-15)6-8-18(22-17)16(21)12-20-11-13-4-2-1-3-5-13;2*1-19(15,16)17-7-10(14)12-4-2-8-6-9(13)3-5-11(8)18-12;2*8-6-7-4-2-1-3-5-7;;;;/h2*1-5,7,9-10,16,18,20-21H,6,8,11-12H2;2*3,5-6,10,12,14H,2,4,7H2,1H3;2*1-5H,6,8H2;4*1H4/t16-,18+;16-,18-;10-,12+;10-,12-;;;;;;/m1111....../s1. The molecule has 0 amide bonds. The molecule has 12 rings (SSSR count). The normalized spacial score (nSPS) is 17.0. The molecule has 8 aromatic rings. The molecule has 0 radical (unpaired) electrons. The minimum Gasteiger partial charge on any atom is -0.487 e. The number of nitrogens with one attached hydrogen (secondary N) is 2. The van der Waals surface area contributed by atoms with Crippen molar-refractivity contribution in [1.82, 2.24) is 10.6 Å². The number of rotatable bonds is 20. The van der Waals surface area contributed by atoms with Gasteiger partial charge in [0.15, 0.2) is 0 Å². The monoisotopic (exact) mass is 1460 g/mol. The fourth-order valence-electron chi connectivity index (χ4n) is 10.6. The van der Waals surface area contributed by atoms with Gasteiger partial charge in [-0.1, -0.05) is 151 Å². The molecule has 18 nitrogen and oxygen atoms in total. The lowest BCUT2D eigenvalue weighted by molar-refractivity contribution is -0.00188. The predicted octanol–water partition coefficient (Wildman–Crippen LogP) is 11.9. The van der Waals surface area contributed by atoms with Crippen LogP contribution in [0.3, 0.4) is 0 Å². The first-order valence-electron chi connectivity index (χ1n) is 32.2. The summed E-state index contributed by atoms with van der Waals surface area (Å²) in [6.07, 6.45) is 1.90. The number of aliphatic hydroxyl groups excluding tert-OH is 4. The third kappa shape index (κ3) is 31.4. The number of aliphatic hydroxyl groups is 4. The van der Waals surface area contributed by atoms with Gasteiger partial charge in [-0.05, 0) is 169 Å². The summed E-state index contributed by atoms with van der Waals surface area (Å²) in [6, 6.07) is 57.5. The van der Waals surface area contributed by atoms with E-state index >= 15 is 0 Å². The van der Waals surface area contributed by atoms with Crippen molar-refractivity contribution in [2.75, 3.05) is 38.8 Å². The number of ether oxygens (including phenoxy) is 4. The van der Waals surface area contributed by atoms with Gasteiger partial charge in [0, 0.05) is 39.3 Å². The molecule has 102 heavy (non-hydrogen) atoms. The topological polar surface area (TPSA) is 281 Å². The van der Waals surface area contributed by atoms with Crippen LogP contribution in [0.4, 0.5) is 17.6 Å². The summed E-state index contributed by atoms with van der Waals surface area (Å²) in [5, 5.41) is 46.7. The second-order valence-corrected chi connectivity index (χ2v) is 26.9. The summed E-state index contributed by atoms with van der Waals surface area (Å²) in [7, 11) is -7.18. The number of halogens is 4. The lowest BCUT2D eigenvalue weighted by Gasteiger charge is -2.29. The second-order valence-electron chi connectivity index (χ2n) is 23.6. The van der Waals surface area contributed by atoms with Crippen LogP contribution in [-0.2, 0) is 80.5 Å². The average molecular weight is 1460 g/mol. The SMILES string of the molecule is C.C.C.C.CS(=O)(=O)OC[C@@H](O)[C@@H]1CCc2cc(F)ccc2O1.CS(=O)(=O)OC[C@@H](O)[C@H]1CCc2cc(F)ccc2O1.NCc1ccccc1.NCc1ccccc1.O[C@H](CNCc1ccccc1)[C@@H]1CCc2cc(F)ccc2O1.O[C@H](CNCc1ccccc1)[C@H]1CCc2cc(F)ccc2O1. The van der Waals surface area contributed by atoms with E-state index in [1.165, 1.54) is 82.9 Å². The molecule has 8 aromatic carbocycles. The van der Waals surface area contributed by atoms with Crippen molar-refractivity contribution < 1.29 is 82.1 Å². The number of aryl methyl sites for hydroxylation is 4. The Morgan fingerprint density at radius 2 is 0.627 bits per heavy atom. The highest BCUT2D eigenvalue weighted by Gasteiger charge is 2.31. The Bertz CT molecular complexity index is 3650. The van der Waals surface area contributed by atoms with Gasteiger partial charge in [-0.25, -0.2) is 17.6 Å². The highest BCUT2D eigenvalue weighted by atomic mass is 32.2. The zero-order valence-corrected chi connectivity index (χ0v) is 56.4. The number of hydrogen-bond donors (Lipinski definition) is 8. The summed E-state index contributed by atoms with van der Waals surface area (Å²) in [5.41, 5.74) is 18.7. The molecule has 4 aliphatic rings. The highest BCUT2D eigenvalue weighted by molar-refractivity contribution is 7.86. The van der Waals surface area contributed by atoms with E-state index in [1.54, 1.807) is 12.1 Å². The maximum Gasteiger partial charge on any atom is 0.264 e. The van der Waals surface area contributed by atoms with E-state index in [0.29, 0.717) is 101 Å². The Hall–Kier alpha value is -7.82. The van der Waals surface area contributed by atoms with E-state index in [0.717, 1.165) is 47.6 Å². The Morgan fingerprint density at radius 1 is 0.392 bits per heavy atom. The smallest absolute Gasteiger partial charge is 0.264 e. The van der Waals surface area contributed by atoms with Crippen LogP contribution in [0.1, 0.15) is 99.9 Å². The van der Waals surface area contributed by atoms with Crippen molar-refractivity contribution in [1.29, 1.82) is 0 Å². The molecule has 0 aliphatic carbocycles. The van der Waals surface area contributed by atoms with Crippen LogP contribution in [0.5, 0.6) is 23.0 Å². The minimum atomic E-state index is -3.59. The van der Waals surface area contributed by atoms with Crippen LogP contribution in [0.25, 0.3) is 0 Å². The molecule has 0 saturated heterocycles. The van der Waals surface area contributed by atoms with Gasteiger partial charge < -0.3 is 61.5 Å². The number of nitrogens with two attached hydrogens (primary N) is 2. The molecule has 0 bridgehead atoms. The minimum absolute atomic E-state index is 0. The third-order valence-corrected chi connectivity index (χ3v) is 17.0. The van der Waals surface area contributed by atoms with E-state index in [-0.39, 0.29) is 78.4 Å². The summed E-state index contributed by atoms with van der Waals surface area (Å²) in [4.78, 5) is 0. The van der Waals surface area contributed by atoms with Crippen molar-refractivity contribution in [2.24, 2.45) is 11.5 Å². The first kappa shape index (κ1) is 88.4. The number of fused-ring (bicyclic) bond motifs is 4. The molecular formula is C78H104F4N4O14S2. The van der Waals surface area contributed by atoms with E-state index < -0.39 is 56.9 Å². The Kier molecular flexibility index (Phi) is 39.3. The summed E-state index contributed by atoms with van der Waals surface area (Å²) in [6.45, 7) is 2.95. The molecule has 0 aromatic heterocycles. The van der Waals surface area contributed by atoms with Gasteiger partial charge in [0.25, 0.3) is 20.2 Å². The van der Waals surface area contributed by atoms with Crippen LogP contribution >= 0.6 is 0 Å². The van der Waals surface area contributed by atoms with E-state index in [2.05, 4.69) is 19.0 Å². The van der Waals surface area contributed by atoms with Crippen LogP contribution in [0.2, 0.25) is 0 Å².